The molecular formula is C78H74N5OPt-3. The number of rotatable bonds is 7. The first kappa shape index (κ1) is 56.2. The van der Waals surface area contributed by atoms with Gasteiger partial charge in [0.15, 0.2) is 0 Å². The third-order valence-corrected chi connectivity index (χ3v) is 18.3. The molecule has 430 valence electrons. The number of benzene rings is 8. The summed E-state index contributed by atoms with van der Waals surface area (Å²) in [5, 5.41) is 1.23. The van der Waals surface area contributed by atoms with Crippen molar-refractivity contribution in [2.45, 2.75) is 122 Å². The molecule has 0 bridgehead atoms. The number of para-hydroxylation sites is 4. The van der Waals surface area contributed by atoms with Crippen molar-refractivity contribution in [3.8, 4) is 39.6 Å². The van der Waals surface area contributed by atoms with Gasteiger partial charge in [-0.15, -0.1) is 53.6 Å². The van der Waals surface area contributed by atoms with E-state index in [0.717, 1.165) is 51.8 Å². The van der Waals surface area contributed by atoms with Gasteiger partial charge in [-0.2, -0.15) is 6.07 Å². The molecule has 0 radical (unpaired) electrons. The zero-order valence-electron chi connectivity index (χ0n) is 51.2. The third kappa shape index (κ3) is 9.03. The second-order valence-corrected chi connectivity index (χ2v) is 27.8. The van der Waals surface area contributed by atoms with Gasteiger partial charge in [0.25, 0.3) is 0 Å². The maximum absolute atomic E-state index is 7.30. The molecule has 0 saturated carbocycles. The van der Waals surface area contributed by atoms with E-state index in [4.69, 9.17) is 9.72 Å². The monoisotopic (exact) mass is 1290 g/mol. The molecule has 0 amide bonds. The number of hydrogen-bond donors (Lipinski definition) is 0. The summed E-state index contributed by atoms with van der Waals surface area (Å²) in [7, 11) is 2.21. The third-order valence-electron chi connectivity index (χ3n) is 18.3. The van der Waals surface area contributed by atoms with Gasteiger partial charge in [-0.05, 0) is 133 Å². The van der Waals surface area contributed by atoms with Crippen LogP contribution in [0.25, 0.3) is 45.1 Å². The Bertz CT molecular complexity index is 4250. The molecule has 4 aliphatic rings. The Morgan fingerprint density at radius 1 is 0.529 bits per heavy atom. The van der Waals surface area contributed by atoms with Crippen LogP contribution in [0.15, 0.2) is 182 Å². The summed E-state index contributed by atoms with van der Waals surface area (Å²) in [6.07, 6.45) is 7.55. The second-order valence-electron chi connectivity index (χ2n) is 27.8. The van der Waals surface area contributed by atoms with Crippen molar-refractivity contribution in [3.63, 3.8) is 0 Å². The number of fused-ring (bicyclic) bond motifs is 7. The largest absolute Gasteiger partial charge is 0.509 e. The molecule has 0 N–H and O–H groups in total. The van der Waals surface area contributed by atoms with E-state index >= 15 is 0 Å². The standard InChI is InChI=1S/C78H74N5O.Pt/c1-74(2,3)51-37-38-79-70(44-51)83-68-36-24-31-62-71(68)72-63(78(62)60-29-17-19-32-64(60)80(13)65-33-20-18-30-61(65)78)46-57(47-69(72)83)84-56-28-23-27-55(45-56)81-48-82(67-35-22-21-34-66(67)81)73-58(49-25-15-14-16-26-49)42-54(77(10,11)12)43-59(73)50-39-52(75(4,5)6)41-53(40-50)76(7,8)9;/h14-30,32-44,46,48,62H,31H2,1-13H3;/q-3;. The summed E-state index contributed by atoms with van der Waals surface area (Å²) in [5.74, 6) is 2.22. The zero-order valence-corrected chi connectivity index (χ0v) is 53.5. The number of nitrogens with zero attached hydrogens (tertiary/aromatic N) is 5. The Morgan fingerprint density at radius 2 is 1.09 bits per heavy atom. The molecule has 0 fully saturated rings. The van der Waals surface area contributed by atoms with Crippen LogP contribution < -0.4 is 19.4 Å². The quantitative estimate of drug-likeness (QED) is 0.149. The van der Waals surface area contributed by atoms with E-state index < -0.39 is 5.41 Å². The van der Waals surface area contributed by atoms with Crippen LogP contribution in [0.2, 0.25) is 0 Å². The van der Waals surface area contributed by atoms with Gasteiger partial charge >= 0.3 is 0 Å². The summed E-state index contributed by atoms with van der Waals surface area (Å²) in [4.78, 5) is 12.2. The normalized spacial score (nSPS) is 15.7. The minimum Gasteiger partial charge on any atom is -0.509 e. The van der Waals surface area contributed by atoms with Crippen LogP contribution in [0.5, 0.6) is 11.5 Å². The smallest absolute Gasteiger partial charge is 0.135 e. The molecule has 1 unspecified atom stereocenters. The van der Waals surface area contributed by atoms with Gasteiger partial charge in [0.1, 0.15) is 5.82 Å². The molecule has 0 saturated heterocycles. The van der Waals surface area contributed by atoms with Crippen LogP contribution in [-0.2, 0) is 48.1 Å². The minimum atomic E-state index is -0.511. The van der Waals surface area contributed by atoms with E-state index in [2.05, 4.69) is 304 Å². The predicted octanol–water partition coefficient (Wildman–Crippen LogP) is 20.3. The second kappa shape index (κ2) is 20.1. The molecule has 14 rings (SSSR count). The average Bonchev–Trinajstić information content (AvgIpc) is 1.53. The van der Waals surface area contributed by atoms with E-state index in [-0.39, 0.29) is 48.6 Å². The van der Waals surface area contributed by atoms with Gasteiger partial charge in [0, 0.05) is 96.5 Å². The van der Waals surface area contributed by atoms with Crippen molar-refractivity contribution in [3.05, 3.63) is 251 Å². The Kier molecular flexibility index (Phi) is 13.3. The first-order chi connectivity index (χ1) is 40.1. The maximum Gasteiger partial charge on any atom is 0.135 e. The summed E-state index contributed by atoms with van der Waals surface area (Å²) in [5.41, 5.74) is 22.9. The maximum atomic E-state index is 7.30. The number of pyridine rings is 1. The summed E-state index contributed by atoms with van der Waals surface area (Å²) in [6, 6.07) is 70.7. The van der Waals surface area contributed by atoms with E-state index in [9.17, 15) is 0 Å². The first-order valence-electron chi connectivity index (χ1n) is 29.9. The fourth-order valence-corrected chi connectivity index (χ4v) is 13.9. The van der Waals surface area contributed by atoms with Crippen molar-refractivity contribution < 1.29 is 25.8 Å². The van der Waals surface area contributed by atoms with Gasteiger partial charge in [-0.1, -0.05) is 197 Å². The summed E-state index contributed by atoms with van der Waals surface area (Å²) < 4.78 is 9.64. The zero-order chi connectivity index (χ0) is 58.4. The topological polar surface area (TPSA) is 36.8 Å². The van der Waals surface area contributed by atoms with Crippen LogP contribution in [0, 0.1) is 18.8 Å². The number of allylic oxidation sites excluding steroid dienone is 1. The van der Waals surface area contributed by atoms with Crippen molar-refractivity contribution in [2.75, 3.05) is 21.7 Å². The van der Waals surface area contributed by atoms with E-state index in [0.29, 0.717) is 11.5 Å². The first-order valence-corrected chi connectivity index (χ1v) is 29.9. The molecule has 10 aromatic rings. The molecule has 6 nitrogen and oxygen atoms in total. The molecule has 7 heteroatoms. The van der Waals surface area contributed by atoms with Gasteiger partial charge in [-0.25, -0.2) is 4.98 Å². The Morgan fingerprint density at radius 3 is 1.72 bits per heavy atom. The van der Waals surface area contributed by atoms with Gasteiger partial charge in [-0.3, -0.25) is 0 Å². The SMILES string of the molecule is CN1c2ccccc2C2(c3ccccc31)c1cc(Oc3[c-]c(N4[CH-]N(c5c(-c6ccccc6)cc(C(C)(C)C)cc5-c5cc(C(C)(C)C)cc(C(C)(C)C)c5)c5ccccc54)ccc3)[c-]c3c1c1c(n3-c3cc(C(C)(C)C)ccn3)C=CCC12.[Pt]. The molecule has 2 aliphatic carbocycles. The van der Waals surface area contributed by atoms with Crippen LogP contribution >= 0.6 is 0 Å². The molecule has 4 heterocycles. The Hall–Kier alpha value is -7.92. The number of aromatic nitrogens is 2. The molecule has 8 aromatic carbocycles. The van der Waals surface area contributed by atoms with Crippen LogP contribution in [0.1, 0.15) is 146 Å². The van der Waals surface area contributed by atoms with Gasteiger partial charge in [0.2, 0.25) is 0 Å². The number of anilines is 6. The minimum absolute atomic E-state index is 0. The molecule has 85 heavy (non-hydrogen) atoms. The van der Waals surface area contributed by atoms with Crippen molar-refractivity contribution >= 4 is 51.1 Å². The van der Waals surface area contributed by atoms with Crippen molar-refractivity contribution in [1.29, 1.82) is 0 Å². The van der Waals surface area contributed by atoms with Gasteiger partial charge < -0.3 is 24.0 Å². The van der Waals surface area contributed by atoms with Gasteiger partial charge in [0.05, 0.1) is 0 Å². The molecular weight excluding hydrogens is 1220 g/mol. The van der Waals surface area contributed by atoms with Crippen molar-refractivity contribution in [2.24, 2.45) is 0 Å². The van der Waals surface area contributed by atoms with Crippen LogP contribution in [0.3, 0.4) is 0 Å². The molecule has 2 aromatic heterocycles. The number of hydrogen-bond acceptors (Lipinski definition) is 5. The van der Waals surface area contributed by atoms with E-state index in [1.807, 2.05) is 12.3 Å². The fourth-order valence-electron chi connectivity index (χ4n) is 13.9. The van der Waals surface area contributed by atoms with Crippen LogP contribution in [0.4, 0.5) is 34.1 Å². The molecule has 2 aliphatic heterocycles. The van der Waals surface area contributed by atoms with Crippen molar-refractivity contribution in [1.82, 2.24) is 9.55 Å². The fraction of sp³-hybridized carbons (Fsp3) is 0.256. The molecule has 1 atom stereocenters. The summed E-state index contributed by atoms with van der Waals surface area (Å²) in [6.45, 7) is 30.0. The molecule has 1 spiro atoms. The predicted molar refractivity (Wildman–Crippen MR) is 350 cm³/mol. The van der Waals surface area contributed by atoms with E-state index in [1.54, 1.807) is 0 Å². The average molecular weight is 1290 g/mol. The van der Waals surface area contributed by atoms with E-state index in [1.165, 1.54) is 78.0 Å². The van der Waals surface area contributed by atoms with Crippen LogP contribution in [-0.4, -0.2) is 16.6 Å². The summed E-state index contributed by atoms with van der Waals surface area (Å²) >= 11 is 0. The Labute approximate surface area is 518 Å². The number of ether oxygens (including phenoxy) is 1. The Balaban J connectivity index is 0.00000672.